The first kappa shape index (κ1) is 17.1. The van der Waals surface area contributed by atoms with Gasteiger partial charge in [-0.15, -0.1) is 12.6 Å². The zero-order chi connectivity index (χ0) is 16.5. The summed E-state index contributed by atoms with van der Waals surface area (Å²) in [6, 6.07) is 8.63. The molecule has 3 heteroatoms. The lowest BCUT2D eigenvalue weighted by molar-refractivity contribution is 0.174. The Labute approximate surface area is 140 Å². The number of nitrogens with zero attached hydrogens (tertiary/aromatic N) is 2. The van der Waals surface area contributed by atoms with Crippen molar-refractivity contribution in [1.82, 2.24) is 9.55 Å². The lowest BCUT2D eigenvalue weighted by Crippen LogP contribution is -2.37. The van der Waals surface area contributed by atoms with Crippen LogP contribution < -0.4 is 0 Å². The van der Waals surface area contributed by atoms with Crippen LogP contribution in [0.15, 0.2) is 41.8 Å². The molecule has 120 valence electrons. The van der Waals surface area contributed by atoms with E-state index in [4.69, 9.17) is 0 Å². The standard InChI is InChI=1S/C19H28N2S/c1-13(2)18(14(3)4)19(5,6)15-9-7-8-10-16(15)21-12-20-11-17(21)22/h7-14,18,22H,1-6H3. The van der Waals surface area contributed by atoms with Crippen molar-refractivity contribution in [1.29, 1.82) is 0 Å². The van der Waals surface area contributed by atoms with Crippen molar-refractivity contribution in [3.63, 3.8) is 0 Å². The summed E-state index contributed by atoms with van der Waals surface area (Å²) in [5.74, 6) is 1.85. The first-order valence-electron chi connectivity index (χ1n) is 8.08. The Balaban J connectivity index is 2.59. The van der Waals surface area contributed by atoms with E-state index in [0.717, 1.165) is 5.03 Å². The van der Waals surface area contributed by atoms with E-state index in [1.807, 2.05) is 6.33 Å². The molecule has 2 aromatic rings. The third kappa shape index (κ3) is 3.10. The summed E-state index contributed by atoms with van der Waals surface area (Å²) in [4.78, 5) is 4.22. The van der Waals surface area contributed by atoms with Crippen LogP contribution in [0.5, 0.6) is 0 Å². The van der Waals surface area contributed by atoms with Crippen molar-refractivity contribution in [2.45, 2.75) is 52.0 Å². The molecule has 2 rings (SSSR count). The normalized spacial score (nSPS) is 12.6. The highest BCUT2D eigenvalue weighted by atomic mass is 32.1. The second kappa shape index (κ2) is 6.49. The highest BCUT2D eigenvalue weighted by molar-refractivity contribution is 7.80. The van der Waals surface area contributed by atoms with Crippen LogP contribution in [0.25, 0.3) is 5.69 Å². The minimum absolute atomic E-state index is 0.0728. The fraction of sp³-hybridized carbons (Fsp3) is 0.526. The number of thiol groups is 1. The summed E-state index contributed by atoms with van der Waals surface area (Å²) in [7, 11) is 0. The van der Waals surface area contributed by atoms with Crippen LogP contribution >= 0.6 is 12.6 Å². The van der Waals surface area contributed by atoms with E-state index in [9.17, 15) is 0 Å². The molecule has 0 atom stereocenters. The predicted molar refractivity (Wildman–Crippen MR) is 97.0 cm³/mol. The van der Waals surface area contributed by atoms with E-state index in [2.05, 4.69) is 88.0 Å². The van der Waals surface area contributed by atoms with Gasteiger partial charge < -0.3 is 0 Å². The molecule has 0 aliphatic heterocycles. The quantitative estimate of drug-likeness (QED) is 0.734. The van der Waals surface area contributed by atoms with Gasteiger partial charge >= 0.3 is 0 Å². The summed E-state index contributed by atoms with van der Waals surface area (Å²) in [5, 5.41) is 0.869. The fourth-order valence-electron chi connectivity index (χ4n) is 4.32. The van der Waals surface area contributed by atoms with E-state index >= 15 is 0 Å². The number of para-hydroxylation sites is 1. The molecule has 0 amide bonds. The molecule has 0 unspecified atom stereocenters. The van der Waals surface area contributed by atoms with Gasteiger partial charge in [0.1, 0.15) is 6.33 Å². The van der Waals surface area contributed by atoms with Gasteiger partial charge in [-0.25, -0.2) is 4.98 Å². The minimum Gasteiger partial charge on any atom is -0.294 e. The molecule has 1 aromatic heterocycles. The Morgan fingerprint density at radius 1 is 1.05 bits per heavy atom. The molecule has 0 saturated carbocycles. The molecule has 0 aliphatic rings. The summed E-state index contributed by atoms with van der Waals surface area (Å²) in [6.07, 6.45) is 3.63. The zero-order valence-corrected chi connectivity index (χ0v) is 15.4. The van der Waals surface area contributed by atoms with E-state index < -0.39 is 0 Å². The molecular weight excluding hydrogens is 288 g/mol. The summed E-state index contributed by atoms with van der Waals surface area (Å²) in [5.41, 5.74) is 2.61. The maximum absolute atomic E-state index is 4.54. The van der Waals surface area contributed by atoms with Gasteiger partial charge in [0.05, 0.1) is 16.9 Å². The monoisotopic (exact) mass is 316 g/mol. The molecule has 1 aromatic carbocycles. The molecular formula is C19H28N2S. The highest BCUT2D eigenvalue weighted by Gasteiger charge is 2.37. The van der Waals surface area contributed by atoms with E-state index in [1.165, 1.54) is 11.3 Å². The molecule has 0 spiro atoms. The minimum atomic E-state index is 0.0728. The fourth-order valence-corrected chi connectivity index (χ4v) is 4.54. The Morgan fingerprint density at radius 2 is 1.64 bits per heavy atom. The molecule has 0 fully saturated rings. The molecule has 0 saturated heterocycles. The van der Waals surface area contributed by atoms with E-state index in [-0.39, 0.29) is 5.41 Å². The third-order valence-electron chi connectivity index (χ3n) is 4.75. The average molecular weight is 317 g/mol. The predicted octanol–water partition coefficient (Wildman–Crippen LogP) is 5.37. The summed E-state index contributed by atoms with van der Waals surface area (Å²) < 4.78 is 2.07. The van der Waals surface area contributed by atoms with Gasteiger partial charge in [-0.1, -0.05) is 59.7 Å². The molecule has 0 aliphatic carbocycles. The molecule has 0 radical (unpaired) electrons. The molecule has 2 nitrogen and oxygen atoms in total. The smallest absolute Gasteiger partial charge is 0.100 e. The number of hydrogen-bond donors (Lipinski definition) is 1. The van der Waals surface area contributed by atoms with Crippen molar-refractivity contribution in [3.8, 4) is 5.69 Å². The molecule has 1 heterocycles. The number of imidazole rings is 1. The van der Waals surface area contributed by atoms with E-state index in [1.54, 1.807) is 6.20 Å². The number of benzene rings is 1. The van der Waals surface area contributed by atoms with Crippen molar-refractivity contribution in [3.05, 3.63) is 42.4 Å². The van der Waals surface area contributed by atoms with Crippen molar-refractivity contribution in [2.24, 2.45) is 17.8 Å². The van der Waals surface area contributed by atoms with Crippen LogP contribution in [0.2, 0.25) is 0 Å². The summed E-state index contributed by atoms with van der Waals surface area (Å²) >= 11 is 4.54. The second-order valence-corrected chi connectivity index (χ2v) is 7.83. The van der Waals surface area contributed by atoms with Gasteiger partial charge in [0.15, 0.2) is 0 Å². The van der Waals surface area contributed by atoms with Crippen molar-refractivity contribution < 1.29 is 0 Å². The molecule has 0 bridgehead atoms. The Bertz CT molecular complexity index is 618. The van der Waals surface area contributed by atoms with Crippen LogP contribution in [0.3, 0.4) is 0 Å². The van der Waals surface area contributed by atoms with Gasteiger partial charge in [0.25, 0.3) is 0 Å². The zero-order valence-electron chi connectivity index (χ0n) is 14.5. The topological polar surface area (TPSA) is 17.8 Å². The van der Waals surface area contributed by atoms with Crippen LogP contribution in [-0.4, -0.2) is 9.55 Å². The lowest BCUT2D eigenvalue weighted by Gasteiger charge is -2.41. The van der Waals surface area contributed by atoms with Crippen LogP contribution in [0, 0.1) is 17.8 Å². The summed E-state index contributed by atoms with van der Waals surface area (Å²) in [6.45, 7) is 14.1. The van der Waals surface area contributed by atoms with Crippen LogP contribution in [0.1, 0.15) is 47.1 Å². The van der Waals surface area contributed by atoms with Crippen LogP contribution in [0.4, 0.5) is 0 Å². The average Bonchev–Trinajstić information content (AvgIpc) is 2.83. The first-order chi connectivity index (χ1) is 10.3. The first-order valence-corrected chi connectivity index (χ1v) is 8.52. The third-order valence-corrected chi connectivity index (χ3v) is 5.08. The second-order valence-electron chi connectivity index (χ2n) is 7.37. The largest absolute Gasteiger partial charge is 0.294 e. The highest BCUT2D eigenvalue weighted by Crippen LogP contribution is 2.43. The van der Waals surface area contributed by atoms with Crippen LogP contribution in [-0.2, 0) is 5.41 Å². The Morgan fingerprint density at radius 3 is 2.14 bits per heavy atom. The van der Waals surface area contributed by atoms with E-state index in [0.29, 0.717) is 17.8 Å². The lowest BCUT2D eigenvalue weighted by atomic mass is 9.64. The SMILES string of the molecule is CC(C)C(C(C)C)C(C)(C)c1ccccc1-n1cncc1S. The molecule has 22 heavy (non-hydrogen) atoms. The van der Waals surface area contributed by atoms with Gasteiger partial charge in [-0.3, -0.25) is 4.57 Å². The van der Waals surface area contributed by atoms with Crippen molar-refractivity contribution in [2.75, 3.05) is 0 Å². The number of rotatable bonds is 5. The number of aromatic nitrogens is 2. The number of hydrogen-bond acceptors (Lipinski definition) is 2. The maximum atomic E-state index is 4.54. The van der Waals surface area contributed by atoms with Gasteiger partial charge in [0, 0.05) is 0 Å². The van der Waals surface area contributed by atoms with Crippen molar-refractivity contribution >= 4 is 12.6 Å². The van der Waals surface area contributed by atoms with Gasteiger partial charge in [-0.05, 0) is 34.8 Å². The Kier molecular flexibility index (Phi) is 5.06. The molecule has 0 N–H and O–H groups in total. The Hall–Kier alpha value is -1.22. The van der Waals surface area contributed by atoms with Gasteiger partial charge in [0.2, 0.25) is 0 Å². The van der Waals surface area contributed by atoms with Gasteiger partial charge in [-0.2, -0.15) is 0 Å². The maximum Gasteiger partial charge on any atom is 0.100 e.